The Hall–Kier alpha value is -3.37. The Balaban J connectivity index is 1.41. The first-order valence-electron chi connectivity index (χ1n) is 9.94. The molecule has 31 heavy (non-hydrogen) atoms. The lowest BCUT2D eigenvalue weighted by atomic mass is 9.95. The second-order valence-electron chi connectivity index (χ2n) is 7.25. The Morgan fingerprint density at radius 3 is 3.03 bits per heavy atom. The molecule has 0 fully saturated rings. The number of non-ortho nitro benzene ring substituents is 1. The fourth-order valence-electron chi connectivity index (χ4n) is 4.01. The molecule has 3 aromatic heterocycles. The van der Waals surface area contributed by atoms with Crippen molar-refractivity contribution in [1.29, 1.82) is 0 Å². The number of nitrogens with zero attached hydrogens (tertiary/aromatic N) is 5. The average molecular weight is 437 g/mol. The smallest absolute Gasteiger partial charge is 0.269 e. The predicted molar refractivity (Wildman–Crippen MR) is 115 cm³/mol. The van der Waals surface area contributed by atoms with Crippen molar-refractivity contribution in [2.24, 2.45) is 0 Å². The number of nitro benzene ring substituents is 1. The molecule has 3 heterocycles. The van der Waals surface area contributed by atoms with E-state index >= 15 is 0 Å². The van der Waals surface area contributed by atoms with Crippen LogP contribution in [0.2, 0.25) is 0 Å². The summed E-state index contributed by atoms with van der Waals surface area (Å²) in [7, 11) is 0. The second-order valence-corrected chi connectivity index (χ2v) is 8.24. The van der Waals surface area contributed by atoms with Gasteiger partial charge in [0, 0.05) is 34.7 Å². The van der Waals surface area contributed by atoms with Gasteiger partial charge in [-0.3, -0.25) is 14.8 Å². The van der Waals surface area contributed by atoms with Crippen LogP contribution >= 0.6 is 11.3 Å². The van der Waals surface area contributed by atoms with E-state index in [0.717, 1.165) is 44.8 Å². The van der Waals surface area contributed by atoms with Crippen molar-refractivity contribution in [3.05, 3.63) is 63.7 Å². The number of nitro groups is 1. The van der Waals surface area contributed by atoms with Crippen LogP contribution < -0.4 is 4.74 Å². The molecule has 0 saturated carbocycles. The SMILES string of the molecule is O=[N+]([O-])c1cccc(CCOc2ncnc3sc4c(c23)CCc2c-4cnn2CCO)c1. The van der Waals surface area contributed by atoms with E-state index in [4.69, 9.17) is 4.74 Å². The van der Waals surface area contributed by atoms with Crippen molar-refractivity contribution in [3.63, 3.8) is 0 Å². The topological polar surface area (TPSA) is 116 Å². The average Bonchev–Trinajstić information content (AvgIpc) is 3.36. The lowest BCUT2D eigenvalue weighted by molar-refractivity contribution is -0.384. The van der Waals surface area contributed by atoms with E-state index < -0.39 is 4.92 Å². The number of aryl methyl sites for hydroxylation is 1. The maximum atomic E-state index is 11.0. The van der Waals surface area contributed by atoms with Crippen LogP contribution in [-0.2, 0) is 25.8 Å². The number of aromatic nitrogens is 4. The van der Waals surface area contributed by atoms with Crippen molar-refractivity contribution in [3.8, 4) is 16.3 Å². The minimum atomic E-state index is -0.396. The highest BCUT2D eigenvalue weighted by atomic mass is 32.1. The van der Waals surface area contributed by atoms with Gasteiger partial charge in [0.15, 0.2) is 0 Å². The van der Waals surface area contributed by atoms with E-state index in [0.29, 0.717) is 25.5 Å². The number of benzene rings is 1. The number of aliphatic hydroxyl groups excluding tert-OH is 1. The molecule has 1 aliphatic carbocycles. The summed E-state index contributed by atoms with van der Waals surface area (Å²) in [4.78, 5) is 21.4. The van der Waals surface area contributed by atoms with Gasteiger partial charge < -0.3 is 9.84 Å². The highest BCUT2D eigenvalue weighted by Crippen LogP contribution is 2.45. The van der Waals surface area contributed by atoms with Crippen LogP contribution in [0.5, 0.6) is 5.88 Å². The van der Waals surface area contributed by atoms with Crippen LogP contribution in [0, 0.1) is 10.1 Å². The van der Waals surface area contributed by atoms with Gasteiger partial charge in [0.25, 0.3) is 5.69 Å². The molecule has 1 N–H and O–H groups in total. The monoisotopic (exact) mass is 437 g/mol. The zero-order valence-electron chi connectivity index (χ0n) is 16.5. The van der Waals surface area contributed by atoms with Crippen LogP contribution in [0.3, 0.4) is 0 Å². The van der Waals surface area contributed by atoms with Gasteiger partial charge >= 0.3 is 0 Å². The summed E-state index contributed by atoms with van der Waals surface area (Å²) in [5.74, 6) is 0.541. The fraction of sp³-hybridized carbons (Fsp3) is 0.286. The van der Waals surface area contributed by atoms with Crippen LogP contribution in [-0.4, -0.2) is 43.0 Å². The molecule has 0 unspecified atom stereocenters. The summed E-state index contributed by atoms with van der Waals surface area (Å²) >= 11 is 1.60. The zero-order chi connectivity index (χ0) is 21.4. The molecule has 0 bridgehead atoms. The Morgan fingerprint density at radius 1 is 1.29 bits per heavy atom. The normalized spacial score (nSPS) is 12.5. The van der Waals surface area contributed by atoms with E-state index in [1.54, 1.807) is 23.5 Å². The highest BCUT2D eigenvalue weighted by molar-refractivity contribution is 7.22. The van der Waals surface area contributed by atoms with Crippen molar-refractivity contribution in [2.45, 2.75) is 25.8 Å². The number of aliphatic hydroxyl groups is 1. The van der Waals surface area contributed by atoms with Gasteiger partial charge in [-0.25, -0.2) is 9.97 Å². The number of hydrogen-bond acceptors (Lipinski definition) is 8. The fourth-order valence-corrected chi connectivity index (χ4v) is 5.23. The largest absolute Gasteiger partial charge is 0.477 e. The van der Waals surface area contributed by atoms with Gasteiger partial charge in [-0.1, -0.05) is 12.1 Å². The highest BCUT2D eigenvalue weighted by Gasteiger charge is 2.27. The minimum Gasteiger partial charge on any atom is -0.477 e. The number of fused-ring (bicyclic) bond motifs is 5. The van der Waals surface area contributed by atoms with Gasteiger partial charge in [-0.15, -0.1) is 11.3 Å². The molecule has 0 radical (unpaired) electrons. The van der Waals surface area contributed by atoms with Gasteiger partial charge in [-0.2, -0.15) is 5.10 Å². The summed E-state index contributed by atoms with van der Waals surface area (Å²) in [5.41, 5.74) is 4.30. The molecule has 10 heteroatoms. The first kappa shape index (κ1) is 19.6. The van der Waals surface area contributed by atoms with E-state index in [1.807, 2.05) is 16.9 Å². The van der Waals surface area contributed by atoms with E-state index in [-0.39, 0.29) is 12.3 Å². The quantitative estimate of drug-likeness (QED) is 0.349. The molecule has 1 aromatic carbocycles. The molecule has 158 valence electrons. The molecular formula is C21H19N5O4S. The van der Waals surface area contributed by atoms with E-state index in [1.165, 1.54) is 18.0 Å². The molecule has 0 aliphatic heterocycles. The van der Waals surface area contributed by atoms with Crippen LogP contribution in [0.25, 0.3) is 20.7 Å². The second kappa shape index (κ2) is 8.05. The summed E-state index contributed by atoms with van der Waals surface area (Å²) < 4.78 is 7.88. The Morgan fingerprint density at radius 2 is 2.19 bits per heavy atom. The lowest BCUT2D eigenvalue weighted by Gasteiger charge is -2.15. The van der Waals surface area contributed by atoms with E-state index in [9.17, 15) is 15.2 Å². The third kappa shape index (κ3) is 3.53. The lowest BCUT2D eigenvalue weighted by Crippen LogP contribution is -2.11. The summed E-state index contributed by atoms with van der Waals surface area (Å²) in [6, 6.07) is 6.58. The Labute approximate surface area is 181 Å². The molecule has 0 amide bonds. The number of ether oxygens (including phenoxy) is 1. The molecule has 1 aliphatic rings. The summed E-state index contributed by atoms with van der Waals surface area (Å²) in [6.07, 6.45) is 5.56. The maximum absolute atomic E-state index is 11.0. The first-order chi connectivity index (χ1) is 15.2. The Kier molecular flexibility index (Phi) is 5.08. The zero-order valence-corrected chi connectivity index (χ0v) is 17.3. The maximum Gasteiger partial charge on any atom is 0.269 e. The summed E-state index contributed by atoms with van der Waals surface area (Å²) in [5, 5.41) is 25.6. The predicted octanol–water partition coefficient (Wildman–Crippen LogP) is 3.18. The van der Waals surface area contributed by atoms with Gasteiger partial charge in [0.2, 0.25) is 5.88 Å². The molecule has 9 nitrogen and oxygen atoms in total. The van der Waals surface area contributed by atoms with Crippen molar-refractivity contribution in [1.82, 2.24) is 19.7 Å². The molecule has 4 aromatic rings. The Bertz CT molecular complexity index is 1280. The number of hydrogen-bond donors (Lipinski definition) is 1. The first-order valence-corrected chi connectivity index (χ1v) is 10.8. The number of thiophene rings is 1. The molecule has 5 rings (SSSR count). The molecular weight excluding hydrogens is 418 g/mol. The van der Waals surface area contributed by atoms with Crippen LogP contribution in [0.4, 0.5) is 5.69 Å². The van der Waals surface area contributed by atoms with Gasteiger partial charge in [-0.05, 0) is 24.0 Å². The molecule has 0 atom stereocenters. The number of rotatable bonds is 7. The standard InChI is InChI=1S/C21H19N5O4S/c27-8-7-25-17-5-4-15-18-20(22-12-23-21(18)31-19(15)16(17)11-24-25)30-9-6-13-2-1-3-14(10-13)26(28)29/h1-3,10-12,27H,4-9H2. The van der Waals surface area contributed by atoms with Crippen LogP contribution in [0.1, 0.15) is 16.8 Å². The molecule has 0 saturated heterocycles. The third-order valence-corrected chi connectivity index (χ3v) is 6.59. The van der Waals surface area contributed by atoms with Crippen LogP contribution in [0.15, 0.2) is 36.8 Å². The van der Waals surface area contributed by atoms with E-state index in [2.05, 4.69) is 15.1 Å². The third-order valence-electron chi connectivity index (χ3n) is 5.42. The minimum absolute atomic E-state index is 0.0570. The van der Waals surface area contributed by atoms with Crippen molar-refractivity contribution in [2.75, 3.05) is 13.2 Å². The van der Waals surface area contributed by atoms with Gasteiger partial charge in [0.1, 0.15) is 11.2 Å². The van der Waals surface area contributed by atoms with Crippen molar-refractivity contribution >= 4 is 27.2 Å². The van der Waals surface area contributed by atoms with Gasteiger partial charge in [0.05, 0.1) is 36.3 Å². The molecule has 0 spiro atoms. The summed E-state index contributed by atoms with van der Waals surface area (Å²) in [6.45, 7) is 0.903. The van der Waals surface area contributed by atoms with Crippen molar-refractivity contribution < 1.29 is 14.8 Å².